The van der Waals surface area contributed by atoms with Crippen molar-refractivity contribution in [2.24, 2.45) is 11.8 Å². The van der Waals surface area contributed by atoms with Gasteiger partial charge >= 0.3 is 6.18 Å². The molecule has 3 unspecified atom stereocenters. The van der Waals surface area contributed by atoms with Crippen LogP contribution in [0.2, 0.25) is 0 Å². The van der Waals surface area contributed by atoms with E-state index in [0.717, 1.165) is 6.07 Å². The van der Waals surface area contributed by atoms with E-state index < -0.39 is 17.1 Å². The van der Waals surface area contributed by atoms with Crippen LogP contribution in [-0.2, 0) is 17.4 Å². The molecule has 0 heterocycles. The summed E-state index contributed by atoms with van der Waals surface area (Å²) in [4.78, 5) is 11.8. The van der Waals surface area contributed by atoms with E-state index >= 15 is 0 Å². The van der Waals surface area contributed by atoms with Crippen LogP contribution in [0.3, 0.4) is 0 Å². The van der Waals surface area contributed by atoms with Gasteiger partial charge in [0.05, 0.1) is 10.9 Å². The molecule has 1 aromatic carbocycles. The average molecular weight is 353 g/mol. The van der Waals surface area contributed by atoms with Gasteiger partial charge in [0.2, 0.25) is 0 Å². The van der Waals surface area contributed by atoms with Crippen molar-refractivity contribution in [2.45, 2.75) is 37.2 Å². The molecule has 22 heavy (non-hydrogen) atoms. The molecule has 6 heteroatoms. The quantitative estimate of drug-likeness (QED) is 0.547. The van der Waals surface area contributed by atoms with Crippen molar-refractivity contribution >= 4 is 29.0 Å². The van der Waals surface area contributed by atoms with Gasteiger partial charge in [0.1, 0.15) is 0 Å². The van der Waals surface area contributed by atoms with E-state index in [0.29, 0.717) is 37.1 Å². The fraction of sp³-hybridized carbons (Fsp3) is 0.562. The molecule has 1 saturated carbocycles. The van der Waals surface area contributed by atoms with E-state index in [-0.39, 0.29) is 17.6 Å². The van der Waals surface area contributed by atoms with E-state index in [1.807, 2.05) is 0 Å². The third-order valence-electron chi connectivity index (χ3n) is 4.13. The Bertz CT molecular complexity index is 530. The lowest BCUT2D eigenvalue weighted by Crippen LogP contribution is -2.24. The highest BCUT2D eigenvalue weighted by molar-refractivity contribution is 6.32. The van der Waals surface area contributed by atoms with Gasteiger partial charge in [-0.05, 0) is 42.7 Å². The minimum Gasteiger partial charge on any atom is -0.298 e. The highest BCUT2D eigenvalue weighted by atomic mass is 35.5. The normalized spacial score (nSPS) is 26.8. The summed E-state index contributed by atoms with van der Waals surface area (Å²) < 4.78 is 38.3. The molecule has 1 aliphatic carbocycles. The van der Waals surface area contributed by atoms with Crippen LogP contribution >= 0.6 is 23.2 Å². The van der Waals surface area contributed by atoms with E-state index in [1.165, 1.54) is 12.1 Å². The monoisotopic (exact) mass is 352 g/mol. The molecule has 122 valence electrons. The summed E-state index contributed by atoms with van der Waals surface area (Å²) in [5, 5.41) is -0.580. The summed E-state index contributed by atoms with van der Waals surface area (Å²) >= 11 is 12.0. The molecule has 0 saturated heterocycles. The van der Waals surface area contributed by atoms with Gasteiger partial charge in [-0.3, -0.25) is 4.79 Å². The molecule has 0 N–H and O–H groups in total. The first kappa shape index (κ1) is 17.6. The number of rotatable bonds is 3. The van der Waals surface area contributed by atoms with Gasteiger partial charge < -0.3 is 0 Å². The Kier molecular flexibility index (Phi) is 5.78. The molecule has 1 aliphatic rings. The van der Waals surface area contributed by atoms with Crippen molar-refractivity contribution in [2.75, 3.05) is 5.88 Å². The highest BCUT2D eigenvalue weighted by Gasteiger charge is 2.33. The van der Waals surface area contributed by atoms with Gasteiger partial charge in [-0.1, -0.05) is 18.2 Å². The van der Waals surface area contributed by atoms with Gasteiger partial charge in [0.25, 0.3) is 0 Å². The fourth-order valence-electron chi connectivity index (χ4n) is 2.95. The summed E-state index contributed by atoms with van der Waals surface area (Å²) in [6.45, 7) is 0. The predicted molar refractivity (Wildman–Crippen MR) is 81.3 cm³/mol. The Morgan fingerprint density at radius 3 is 2.64 bits per heavy atom. The van der Waals surface area contributed by atoms with Crippen LogP contribution in [0.15, 0.2) is 24.3 Å². The zero-order valence-electron chi connectivity index (χ0n) is 11.9. The minimum absolute atomic E-state index is 0.0149. The largest absolute Gasteiger partial charge is 0.416 e. The molecule has 0 radical (unpaired) electrons. The van der Waals surface area contributed by atoms with Gasteiger partial charge in [0.15, 0.2) is 5.78 Å². The molecule has 0 aliphatic heterocycles. The molecule has 0 aromatic heterocycles. The molecule has 0 bridgehead atoms. The topological polar surface area (TPSA) is 17.1 Å². The van der Waals surface area contributed by atoms with E-state index in [4.69, 9.17) is 23.2 Å². The summed E-state index contributed by atoms with van der Waals surface area (Å²) in [7, 11) is 0. The molecule has 1 fully saturated rings. The number of carbonyl (C=O) groups is 1. The average Bonchev–Trinajstić information content (AvgIpc) is 2.60. The maximum Gasteiger partial charge on any atom is 0.416 e. The molecular formula is C16H17Cl2F3O. The Labute approximate surface area is 137 Å². The SMILES string of the molecule is O=C1CCC(Cc2cccc(C(F)(F)F)c2)CC(CCl)C1Cl. The lowest BCUT2D eigenvalue weighted by atomic mass is 9.88. The van der Waals surface area contributed by atoms with Gasteiger partial charge in [-0.2, -0.15) is 13.2 Å². The molecule has 0 spiro atoms. The van der Waals surface area contributed by atoms with Gasteiger partial charge in [0, 0.05) is 12.3 Å². The van der Waals surface area contributed by atoms with Crippen molar-refractivity contribution in [3.63, 3.8) is 0 Å². The highest BCUT2D eigenvalue weighted by Crippen LogP contribution is 2.34. The van der Waals surface area contributed by atoms with E-state index in [1.54, 1.807) is 6.07 Å². The second-order valence-corrected chi connectivity index (χ2v) is 6.60. The number of carbonyl (C=O) groups excluding carboxylic acids is 1. The smallest absolute Gasteiger partial charge is 0.298 e. The third kappa shape index (κ3) is 4.39. The second-order valence-electron chi connectivity index (χ2n) is 5.83. The molecule has 1 aromatic rings. The zero-order valence-corrected chi connectivity index (χ0v) is 13.4. The van der Waals surface area contributed by atoms with Crippen molar-refractivity contribution in [1.82, 2.24) is 0 Å². The maximum absolute atomic E-state index is 12.8. The number of hydrogen-bond donors (Lipinski definition) is 0. The van der Waals surface area contributed by atoms with E-state index in [9.17, 15) is 18.0 Å². The number of Topliss-reactive ketones (excluding diaryl/α,β-unsaturated/α-hetero) is 1. The van der Waals surface area contributed by atoms with Gasteiger partial charge in [-0.25, -0.2) is 0 Å². The van der Waals surface area contributed by atoms with Crippen LogP contribution in [0.5, 0.6) is 0 Å². The number of halogens is 5. The molecular weight excluding hydrogens is 336 g/mol. The Balaban J connectivity index is 2.11. The van der Waals surface area contributed by atoms with Crippen LogP contribution in [0.25, 0.3) is 0 Å². The van der Waals surface area contributed by atoms with Crippen molar-refractivity contribution < 1.29 is 18.0 Å². The molecule has 1 nitrogen and oxygen atoms in total. The second kappa shape index (κ2) is 7.22. The fourth-order valence-corrected chi connectivity index (χ4v) is 3.64. The minimum atomic E-state index is -4.34. The standard InChI is InChI=1S/C16H17Cl2F3O/c17-9-12-7-11(4-5-14(22)15(12)18)6-10-2-1-3-13(8-10)16(19,20)21/h1-3,8,11-12,15H,4-7,9H2. The summed E-state index contributed by atoms with van der Waals surface area (Å²) in [5.74, 6) is 0.284. The lowest BCUT2D eigenvalue weighted by Gasteiger charge is -2.20. The number of alkyl halides is 5. The third-order valence-corrected chi connectivity index (χ3v) is 5.13. The number of ketones is 1. The summed E-state index contributed by atoms with van der Waals surface area (Å²) in [5.41, 5.74) is -0.00701. The van der Waals surface area contributed by atoms with E-state index in [2.05, 4.69) is 0 Å². The first-order valence-electron chi connectivity index (χ1n) is 7.20. The van der Waals surface area contributed by atoms with Crippen LogP contribution in [-0.4, -0.2) is 17.0 Å². The number of hydrogen-bond acceptors (Lipinski definition) is 1. The summed E-state index contributed by atoms with van der Waals surface area (Å²) in [6.07, 6.45) is -2.15. The number of benzene rings is 1. The first-order chi connectivity index (χ1) is 10.3. The maximum atomic E-state index is 12.8. The van der Waals surface area contributed by atoms with Crippen molar-refractivity contribution in [1.29, 1.82) is 0 Å². The van der Waals surface area contributed by atoms with Crippen molar-refractivity contribution in [3.05, 3.63) is 35.4 Å². The van der Waals surface area contributed by atoms with Gasteiger partial charge in [-0.15, -0.1) is 23.2 Å². The van der Waals surface area contributed by atoms with Crippen LogP contribution in [0.4, 0.5) is 13.2 Å². The van der Waals surface area contributed by atoms with Crippen LogP contribution in [0, 0.1) is 11.8 Å². The Morgan fingerprint density at radius 2 is 2.00 bits per heavy atom. The predicted octanol–water partition coefficient (Wildman–Crippen LogP) is 5.08. The summed E-state index contributed by atoms with van der Waals surface area (Å²) in [6, 6.07) is 5.36. The molecule has 2 rings (SSSR count). The zero-order chi connectivity index (χ0) is 16.3. The molecule has 3 atom stereocenters. The molecule has 0 amide bonds. The van der Waals surface area contributed by atoms with Crippen LogP contribution in [0.1, 0.15) is 30.4 Å². The first-order valence-corrected chi connectivity index (χ1v) is 8.17. The Hall–Kier alpha value is -0.740. The lowest BCUT2D eigenvalue weighted by molar-refractivity contribution is -0.137. The van der Waals surface area contributed by atoms with Crippen molar-refractivity contribution in [3.8, 4) is 0 Å². The van der Waals surface area contributed by atoms with Crippen LogP contribution < -0.4 is 0 Å². The Morgan fingerprint density at radius 1 is 1.27 bits per heavy atom.